The molecule has 0 saturated carbocycles. The monoisotopic (exact) mass is 201 g/mol. The van der Waals surface area contributed by atoms with Crippen LogP contribution in [0.2, 0.25) is 0 Å². The van der Waals surface area contributed by atoms with Crippen LogP contribution in [-0.4, -0.2) is 46.6 Å². The third-order valence-electron chi connectivity index (χ3n) is 2.91. The molecule has 2 saturated heterocycles. The lowest BCUT2D eigenvalue weighted by molar-refractivity contribution is -0.148. The number of nitrogens with zero attached hydrogens (tertiary/aromatic N) is 1. The smallest absolute Gasteiger partial charge is 0.309 e. The molecule has 0 aromatic heterocycles. The number of hydrogen-bond acceptors (Lipinski definition) is 3. The summed E-state index contributed by atoms with van der Waals surface area (Å²) >= 11 is 2.00. The zero-order valence-corrected chi connectivity index (χ0v) is 8.42. The van der Waals surface area contributed by atoms with E-state index in [1.165, 1.54) is 24.3 Å². The number of carbonyl (C=O) groups is 1. The maximum absolute atomic E-state index is 10.6. The van der Waals surface area contributed by atoms with E-state index in [0.29, 0.717) is 6.04 Å². The van der Waals surface area contributed by atoms with E-state index in [1.807, 2.05) is 11.8 Å². The molecule has 0 radical (unpaired) electrons. The zero-order valence-electron chi connectivity index (χ0n) is 7.61. The van der Waals surface area contributed by atoms with Crippen molar-refractivity contribution in [1.82, 2.24) is 4.90 Å². The van der Waals surface area contributed by atoms with Gasteiger partial charge < -0.3 is 5.11 Å². The maximum atomic E-state index is 10.6. The number of thioether (sulfide) groups is 1. The Morgan fingerprint density at radius 3 is 2.77 bits per heavy atom. The molecule has 0 amide bonds. The first kappa shape index (κ1) is 9.34. The Labute approximate surface area is 82.5 Å². The lowest BCUT2D eigenvalue weighted by atomic mass is 9.96. The summed E-state index contributed by atoms with van der Waals surface area (Å²) in [6.07, 6.45) is 2.56. The Morgan fingerprint density at radius 2 is 2.23 bits per heavy atom. The normalized spacial score (nSPS) is 31.2. The highest BCUT2D eigenvalue weighted by Gasteiger charge is 2.36. The molecule has 0 aromatic rings. The van der Waals surface area contributed by atoms with Gasteiger partial charge in [-0.05, 0) is 18.6 Å². The molecule has 1 unspecified atom stereocenters. The first-order chi connectivity index (χ1) is 6.27. The summed E-state index contributed by atoms with van der Waals surface area (Å²) < 4.78 is 0. The Morgan fingerprint density at radius 1 is 1.46 bits per heavy atom. The van der Waals surface area contributed by atoms with Crippen molar-refractivity contribution in [2.45, 2.75) is 18.9 Å². The Hall–Kier alpha value is -0.220. The number of likely N-dealkylation sites (tertiary alicyclic amines) is 1. The van der Waals surface area contributed by atoms with Crippen LogP contribution < -0.4 is 0 Å². The Kier molecular flexibility index (Phi) is 2.79. The predicted molar refractivity (Wildman–Crippen MR) is 53.0 cm³/mol. The van der Waals surface area contributed by atoms with Gasteiger partial charge in [0.1, 0.15) is 0 Å². The van der Waals surface area contributed by atoms with E-state index < -0.39 is 5.97 Å². The molecule has 1 N–H and O–H groups in total. The second-order valence-corrected chi connectivity index (χ2v) is 5.01. The predicted octanol–water partition coefficient (Wildman–Crippen LogP) is 0.898. The number of carboxylic acids is 1. The van der Waals surface area contributed by atoms with Crippen molar-refractivity contribution in [3.63, 3.8) is 0 Å². The minimum Gasteiger partial charge on any atom is -0.481 e. The molecule has 2 rings (SSSR count). The van der Waals surface area contributed by atoms with Gasteiger partial charge in [-0.1, -0.05) is 0 Å². The molecule has 2 fully saturated rings. The zero-order chi connectivity index (χ0) is 9.26. The maximum Gasteiger partial charge on any atom is 0.309 e. The molecule has 1 atom stereocenters. The summed E-state index contributed by atoms with van der Waals surface area (Å²) in [7, 11) is 0. The van der Waals surface area contributed by atoms with Crippen molar-refractivity contribution >= 4 is 17.7 Å². The van der Waals surface area contributed by atoms with Crippen LogP contribution in [0.1, 0.15) is 12.8 Å². The van der Waals surface area contributed by atoms with Crippen LogP contribution >= 0.6 is 11.8 Å². The first-order valence-electron chi connectivity index (χ1n) is 4.82. The van der Waals surface area contributed by atoms with Crippen LogP contribution in [0.4, 0.5) is 0 Å². The van der Waals surface area contributed by atoms with Gasteiger partial charge in [0, 0.05) is 24.9 Å². The highest BCUT2D eigenvalue weighted by atomic mass is 32.2. The second-order valence-electron chi connectivity index (χ2n) is 3.86. The van der Waals surface area contributed by atoms with E-state index in [-0.39, 0.29) is 5.92 Å². The van der Waals surface area contributed by atoms with Gasteiger partial charge in [0.25, 0.3) is 0 Å². The highest BCUT2D eigenvalue weighted by molar-refractivity contribution is 7.99. The van der Waals surface area contributed by atoms with Crippen LogP contribution in [0.5, 0.6) is 0 Å². The van der Waals surface area contributed by atoms with E-state index in [0.717, 1.165) is 13.1 Å². The molecule has 74 valence electrons. The van der Waals surface area contributed by atoms with Gasteiger partial charge in [-0.3, -0.25) is 9.69 Å². The van der Waals surface area contributed by atoms with Crippen LogP contribution in [0.25, 0.3) is 0 Å². The van der Waals surface area contributed by atoms with Gasteiger partial charge in [0.05, 0.1) is 5.92 Å². The van der Waals surface area contributed by atoms with Crippen LogP contribution in [0, 0.1) is 5.92 Å². The van der Waals surface area contributed by atoms with E-state index >= 15 is 0 Å². The van der Waals surface area contributed by atoms with Gasteiger partial charge >= 0.3 is 5.97 Å². The van der Waals surface area contributed by atoms with Crippen molar-refractivity contribution in [1.29, 1.82) is 0 Å². The van der Waals surface area contributed by atoms with Gasteiger partial charge in [-0.2, -0.15) is 11.8 Å². The Bertz CT molecular complexity index is 198. The van der Waals surface area contributed by atoms with Crippen molar-refractivity contribution in [3.05, 3.63) is 0 Å². The van der Waals surface area contributed by atoms with Gasteiger partial charge in [0.2, 0.25) is 0 Å². The summed E-state index contributed by atoms with van der Waals surface area (Å²) in [5, 5.41) is 8.72. The molecular formula is C9H15NO2S. The SMILES string of the molecule is O=C(O)C1CN(C2CCCSC2)C1. The first-order valence-corrected chi connectivity index (χ1v) is 5.97. The molecule has 3 nitrogen and oxygen atoms in total. The number of hydrogen-bond donors (Lipinski definition) is 1. The minimum atomic E-state index is -0.625. The summed E-state index contributed by atoms with van der Waals surface area (Å²) in [5.74, 6) is 1.77. The highest BCUT2D eigenvalue weighted by Crippen LogP contribution is 2.27. The standard InChI is InChI=1S/C9H15NO2S/c11-9(12)7-4-10(5-7)8-2-1-3-13-6-8/h7-8H,1-6H2,(H,11,12). The summed E-state index contributed by atoms with van der Waals surface area (Å²) in [4.78, 5) is 12.9. The second kappa shape index (κ2) is 3.88. The molecular weight excluding hydrogens is 186 g/mol. The molecule has 0 bridgehead atoms. The molecule has 0 spiro atoms. The fraction of sp³-hybridized carbons (Fsp3) is 0.889. The average molecular weight is 201 g/mol. The molecule has 0 aromatic carbocycles. The lowest BCUT2D eigenvalue weighted by Crippen LogP contribution is -2.56. The molecule has 2 aliphatic rings. The van der Waals surface area contributed by atoms with Crippen LogP contribution in [0.3, 0.4) is 0 Å². The van der Waals surface area contributed by atoms with Crippen LogP contribution in [0.15, 0.2) is 0 Å². The van der Waals surface area contributed by atoms with E-state index in [4.69, 9.17) is 5.11 Å². The lowest BCUT2D eigenvalue weighted by Gasteiger charge is -2.43. The fourth-order valence-electron chi connectivity index (χ4n) is 1.98. The quantitative estimate of drug-likeness (QED) is 0.720. The summed E-state index contributed by atoms with van der Waals surface area (Å²) in [6, 6.07) is 0.661. The fourth-order valence-corrected chi connectivity index (χ4v) is 3.17. The van der Waals surface area contributed by atoms with Crippen molar-refractivity contribution in [2.24, 2.45) is 5.92 Å². The van der Waals surface area contributed by atoms with E-state index in [1.54, 1.807) is 0 Å². The number of aliphatic carboxylic acids is 1. The summed E-state index contributed by atoms with van der Waals surface area (Å²) in [6.45, 7) is 1.56. The van der Waals surface area contributed by atoms with Gasteiger partial charge in [-0.25, -0.2) is 0 Å². The van der Waals surface area contributed by atoms with E-state index in [2.05, 4.69) is 4.90 Å². The molecule has 2 heterocycles. The Balaban J connectivity index is 1.75. The average Bonchev–Trinajstić information content (AvgIpc) is 2.02. The van der Waals surface area contributed by atoms with Gasteiger partial charge in [-0.15, -0.1) is 0 Å². The third kappa shape index (κ3) is 1.99. The molecule has 13 heavy (non-hydrogen) atoms. The third-order valence-corrected chi connectivity index (χ3v) is 4.11. The topological polar surface area (TPSA) is 40.5 Å². The molecule has 0 aliphatic carbocycles. The van der Waals surface area contributed by atoms with Gasteiger partial charge in [0.15, 0.2) is 0 Å². The number of rotatable bonds is 2. The van der Waals surface area contributed by atoms with Crippen LogP contribution in [-0.2, 0) is 4.79 Å². The summed E-state index contributed by atoms with van der Waals surface area (Å²) in [5.41, 5.74) is 0. The largest absolute Gasteiger partial charge is 0.481 e. The number of carboxylic acid groups (broad SMARTS) is 1. The molecule has 2 aliphatic heterocycles. The van der Waals surface area contributed by atoms with Crippen molar-refractivity contribution < 1.29 is 9.90 Å². The van der Waals surface area contributed by atoms with E-state index in [9.17, 15) is 4.79 Å². The van der Waals surface area contributed by atoms with Crippen molar-refractivity contribution in [3.8, 4) is 0 Å². The van der Waals surface area contributed by atoms with Crippen molar-refractivity contribution in [2.75, 3.05) is 24.6 Å². The minimum absolute atomic E-state index is 0.0908. The molecule has 4 heteroatoms.